The van der Waals surface area contributed by atoms with Crippen LogP contribution >= 0.6 is 0 Å². The van der Waals surface area contributed by atoms with Crippen molar-refractivity contribution in [2.75, 3.05) is 0 Å². The average molecular weight is 295 g/mol. The number of rotatable bonds is 4. The zero-order valence-electron chi connectivity index (χ0n) is 13.3. The van der Waals surface area contributed by atoms with Gasteiger partial charge in [-0.25, -0.2) is 0 Å². The van der Waals surface area contributed by atoms with Crippen molar-refractivity contribution in [3.8, 4) is 0 Å². The molecule has 0 aromatic rings. The third kappa shape index (κ3) is 5.44. The molecule has 3 atom stereocenters. The van der Waals surface area contributed by atoms with Gasteiger partial charge in [0.1, 0.15) is 0 Å². The monoisotopic (exact) mass is 295 g/mol. The van der Waals surface area contributed by atoms with Gasteiger partial charge in [0.2, 0.25) is 0 Å². The van der Waals surface area contributed by atoms with E-state index in [1.807, 2.05) is 37.3 Å². The largest absolute Gasteiger partial charge is 0.151 e. The van der Waals surface area contributed by atoms with Crippen LogP contribution in [0.5, 0.6) is 0 Å². The van der Waals surface area contributed by atoms with Crippen molar-refractivity contribution in [1.82, 2.24) is 0 Å². The van der Waals surface area contributed by atoms with Gasteiger partial charge in [-0.15, -0.1) is 0 Å². The molecule has 0 spiro atoms. The topological polar surface area (TPSA) is 29.4 Å². The molecule has 2 aliphatic carbocycles. The van der Waals surface area contributed by atoms with Crippen molar-refractivity contribution in [1.29, 1.82) is 0 Å². The molecule has 0 bridgehead atoms. The quantitative estimate of drug-likeness (QED) is 0.614. The second-order valence-corrected chi connectivity index (χ2v) is 6.13. The number of nitrogens with zero attached hydrogens (tertiary/aromatic N) is 1. The lowest BCUT2D eigenvalue weighted by Crippen LogP contribution is -2.06. The number of nitroso groups, excluding NO2 is 1. The Hall–Kier alpha value is -1.96. The van der Waals surface area contributed by atoms with Crippen LogP contribution in [0.15, 0.2) is 77.6 Å². The van der Waals surface area contributed by atoms with E-state index in [4.69, 9.17) is 0 Å². The molecule has 0 aromatic heterocycles. The fourth-order valence-electron chi connectivity index (χ4n) is 3.23. The van der Waals surface area contributed by atoms with Crippen molar-refractivity contribution in [3.63, 3.8) is 0 Å². The second-order valence-electron chi connectivity index (χ2n) is 6.13. The standard InChI is InChI=1S/C20H25NO/c1-17(21-22)15-18-13-14-20(16-18)19-11-9-7-5-3-2-4-6-8-10-12-19/h2-12,17-18,20H,13-16H2,1H3/b3-2-,4-2?,5-3?,6-4-,7-5-,8-6?,9-7?,10-8-,11-9?,12-10?,19-11?,19-12?. The van der Waals surface area contributed by atoms with E-state index in [1.165, 1.54) is 24.8 Å². The van der Waals surface area contributed by atoms with E-state index < -0.39 is 0 Å². The number of hydrogen-bond donors (Lipinski definition) is 0. The smallest absolute Gasteiger partial charge is 0.0894 e. The molecule has 0 heterocycles. The molecule has 2 rings (SSSR count). The average Bonchev–Trinajstić information content (AvgIpc) is 2.96. The molecule has 0 aliphatic heterocycles. The minimum absolute atomic E-state index is 0.0515. The van der Waals surface area contributed by atoms with Crippen LogP contribution in [0.3, 0.4) is 0 Å². The van der Waals surface area contributed by atoms with Gasteiger partial charge in [0.25, 0.3) is 0 Å². The maximum Gasteiger partial charge on any atom is 0.0894 e. The number of hydrogen-bond acceptors (Lipinski definition) is 2. The van der Waals surface area contributed by atoms with E-state index in [-0.39, 0.29) is 6.04 Å². The van der Waals surface area contributed by atoms with Crippen molar-refractivity contribution in [2.45, 2.75) is 38.6 Å². The van der Waals surface area contributed by atoms with Crippen LogP contribution in [0.25, 0.3) is 0 Å². The van der Waals surface area contributed by atoms with Crippen LogP contribution in [-0.4, -0.2) is 6.04 Å². The predicted molar refractivity (Wildman–Crippen MR) is 94.5 cm³/mol. The van der Waals surface area contributed by atoms with Crippen LogP contribution in [-0.2, 0) is 0 Å². The summed E-state index contributed by atoms with van der Waals surface area (Å²) < 4.78 is 0. The lowest BCUT2D eigenvalue weighted by atomic mass is 9.93. The molecule has 1 saturated carbocycles. The summed E-state index contributed by atoms with van der Waals surface area (Å²) in [6, 6.07) is -0.0515. The molecule has 1 fully saturated rings. The molecule has 2 aliphatic rings. The summed E-state index contributed by atoms with van der Waals surface area (Å²) in [7, 11) is 0. The van der Waals surface area contributed by atoms with Crippen LogP contribution in [0.4, 0.5) is 0 Å². The van der Waals surface area contributed by atoms with E-state index >= 15 is 0 Å². The zero-order chi connectivity index (χ0) is 15.6. The minimum Gasteiger partial charge on any atom is -0.151 e. The first-order valence-corrected chi connectivity index (χ1v) is 8.17. The first kappa shape index (κ1) is 16.4. The summed E-state index contributed by atoms with van der Waals surface area (Å²) in [5.41, 5.74) is 1.38. The lowest BCUT2D eigenvalue weighted by Gasteiger charge is -2.13. The summed E-state index contributed by atoms with van der Waals surface area (Å²) in [6.45, 7) is 1.92. The Bertz CT molecular complexity index is 534. The first-order valence-electron chi connectivity index (χ1n) is 8.17. The van der Waals surface area contributed by atoms with Gasteiger partial charge in [0.15, 0.2) is 0 Å². The molecule has 0 saturated heterocycles. The molecule has 0 N–H and O–H groups in total. The highest BCUT2D eigenvalue weighted by atomic mass is 16.3. The molecular weight excluding hydrogens is 270 g/mol. The van der Waals surface area contributed by atoms with Crippen LogP contribution in [0, 0.1) is 16.7 Å². The maximum atomic E-state index is 10.6. The van der Waals surface area contributed by atoms with Gasteiger partial charge in [-0.1, -0.05) is 72.0 Å². The molecule has 2 heteroatoms. The molecule has 2 nitrogen and oxygen atoms in total. The molecule has 0 radical (unpaired) electrons. The van der Waals surface area contributed by atoms with Crippen molar-refractivity contribution in [2.24, 2.45) is 17.0 Å². The molecule has 22 heavy (non-hydrogen) atoms. The third-order valence-corrected chi connectivity index (χ3v) is 4.33. The van der Waals surface area contributed by atoms with Gasteiger partial charge in [0.05, 0.1) is 6.04 Å². The highest BCUT2D eigenvalue weighted by molar-refractivity contribution is 5.32. The number of allylic oxidation sites excluding steroid dienone is 12. The fraction of sp³-hybridized carbons (Fsp3) is 0.400. The Morgan fingerprint density at radius 2 is 1.64 bits per heavy atom. The highest BCUT2D eigenvalue weighted by Crippen LogP contribution is 2.38. The Labute approximate surface area is 133 Å². The molecule has 0 amide bonds. The van der Waals surface area contributed by atoms with E-state index in [0.29, 0.717) is 11.8 Å². The summed E-state index contributed by atoms with van der Waals surface area (Å²) in [5, 5.41) is 3.15. The SMILES string of the molecule is CC(CC1CCC(C2=C\C=C/C=C\C=C/C=C\C=C2)C1)N=O. The van der Waals surface area contributed by atoms with Gasteiger partial charge in [-0.3, -0.25) is 0 Å². The molecule has 3 unspecified atom stereocenters. The normalized spacial score (nSPS) is 32.1. The van der Waals surface area contributed by atoms with Gasteiger partial charge >= 0.3 is 0 Å². The van der Waals surface area contributed by atoms with Crippen molar-refractivity contribution < 1.29 is 0 Å². The Balaban J connectivity index is 2.03. The maximum absolute atomic E-state index is 10.6. The second kappa shape index (κ2) is 9.14. The first-order chi connectivity index (χ1) is 10.8. The summed E-state index contributed by atoms with van der Waals surface area (Å²) >= 11 is 0. The van der Waals surface area contributed by atoms with Gasteiger partial charge in [-0.05, 0) is 50.0 Å². The van der Waals surface area contributed by atoms with Crippen molar-refractivity contribution in [3.05, 3.63) is 77.3 Å². The molecule has 116 valence electrons. The fourth-order valence-corrected chi connectivity index (χ4v) is 3.23. The van der Waals surface area contributed by atoms with Crippen LogP contribution in [0.1, 0.15) is 32.6 Å². The highest BCUT2D eigenvalue weighted by Gasteiger charge is 2.27. The minimum atomic E-state index is -0.0515. The van der Waals surface area contributed by atoms with Crippen LogP contribution < -0.4 is 0 Å². The molecular formula is C20H25NO. The summed E-state index contributed by atoms with van der Waals surface area (Å²) in [4.78, 5) is 10.6. The predicted octanol–water partition coefficient (Wildman–Crippen LogP) is 5.67. The van der Waals surface area contributed by atoms with Crippen molar-refractivity contribution >= 4 is 0 Å². The van der Waals surface area contributed by atoms with E-state index in [1.54, 1.807) is 0 Å². The molecule has 0 aromatic carbocycles. The van der Waals surface area contributed by atoms with Crippen LogP contribution in [0.2, 0.25) is 0 Å². The van der Waals surface area contributed by atoms with Gasteiger partial charge in [-0.2, -0.15) is 4.91 Å². The summed E-state index contributed by atoms with van der Waals surface area (Å²) in [5.74, 6) is 1.23. The van der Waals surface area contributed by atoms with Gasteiger partial charge < -0.3 is 0 Å². The van der Waals surface area contributed by atoms with Gasteiger partial charge in [0, 0.05) is 0 Å². The zero-order valence-corrected chi connectivity index (χ0v) is 13.3. The van der Waals surface area contributed by atoms with E-state index in [9.17, 15) is 4.91 Å². The summed E-state index contributed by atoms with van der Waals surface area (Å²) in [6.07, 6.45) is 27.4. The van der Waals surface area contributed by atoms with E-state index in [0.717, 1.165) is 6.42 Å². The Kier molecular flexibility index (Phi) is 6.82. The van der Waals surface area contributed by atoms with E-state index in [2.05, 4.69) is 41.6 Å². The Morgan fingerprint density at radius 3 is 2.32 bits per heavy atom. The lowest BCUT2D eigenvalue weighted by molar-refractivity contribution is 0.447. The third-order valence-electron chi connectivity index (χ3n) is 4.33. The Morgan fingerprint density at radius 1 is 1.00 bits per heavy atom.